The van der Waals surface area contributed by atoms with E-state index in [1.807, 2.05) is 0 Å². The van der Waals surface area contributed by atoms with Gasteiger partial charge < -0.3 is 10.4 Å². The van der Waals surface area contributed by atoms with Gasteiger partial charge >= 0.3 is 0 Å². The second-order valence-corrected chi connectivity index (χ2v) is 4.93. The molecule has 1 aromatic carbocycles. The largest absolute Gasteiger partial charge is 0.393 e. The number of aliphatic hydroxyl groups excluding tert-OH is 1. The van der Waals surface area contributed by atoms with Crippen LogP contribution >= 0.6 is 0 Å². The molecule has 2 N–H and O–H groups in total. The molecule has 1 fully saturated rings. The van der Waals surface area contributed by atoms with Gasteiger partial charge in [-0.1, -0.05) is 24.3 Å². The predicted octanol–water partition coefficient (Wildman–Crippen LogP) is 3.02. The number of alkyl halides is 2. The Labute approximate surface area is 106 Å². The highest BCUT2D eigenvalue weighted by atomic mass is 19.3. The maximum atomic E-state index is 12.4. The lowest BCUT2D eigenvalue weighted by atomic mass is 9.93. The Morgan fingerprint density at radius 1 is 1.11 bits per heavy atom. The van der Waals surface area contributed by atoms with Crippen molar-refractivity contribution in [2.24, 2.45) is 0 Å². The van der Waals surface area contributed by atoms with Gasteiger partial charge in [-0.3, -0.25) is 0 Å². The molecule has 0 amide bonds. The quantitative estimate of drug-likeness (QED) is 0.866. The number of benzene rings is 1. The standard InChI is InChI=1S/C14H19F2NO/c15-14(16)11-3-1-10(2-4-11)9-17-12-5-7-13(18)8-6-12/h1-4,12-14,17-18H,5-9H2. The maximum Gasteiger partial charge on any atom is 0.263 e. The minimum atomic E-state index is -2.40. The van der Waals surface area contributed by atoms with Crippen molar-refractivity contribution in [3.05, 3.63) is 35.4 Å². The molecule has 0 bridgehead atoms. The molecular formula is C14H19F2NO. The van der Waals surface area contributed by atoms with Crippen LogP contribution in [-0.2, 0) is 6.54 Å². The summed E-state index contributed by atoms with van der Waals surface area (Å²) in [4.78, 5) is 0. The van der Waals surface area contributed by atoms with Crippen LogP contribution in [0, 0.1) is 0 Å². The van der Waals surface area contributed by atoms with Crippen LogP contribution in [0.5, 0.6) is 0 Å². The van der Waals surface area contributed by atoms with Crippen molar-refractivity contribution in [1.29, 1.82) is 0 Å². The summed E-state index contributed by atoms with van der Waals surface area (Å²) < 4.78 is 24.7. The highest BCUT2D eigenvalue weighted by molar-refractivity contribution is 5.23. The molecule has 0 aliphatic heterocycles. The van der Waals surface area contributed by atoms with Crippen molar-refractivity contribution in [2.75, 3.05) is 0 Å². The molecular weight excluding hydrogens is 236 g/mol. The van der Waals surface area contributed by atoms with Crippen molar-refractivity contribution in [2.45, 2.75) is 50.8 Å². The Morgan fingerprint density at radius 3 is 2.28 bits per heavy atom. The zero-order valence-electron chi connectivity index (χ0n) is 10.3. The van der Waals surface area contributed by atoms with Crippen LogP contribution in [0.2, 0.25) is 0 Å². The Kier molecular flexibility index (Phi) is 4.66. The van der Waals surface area contributed by atoms with Crippen LogP contribution in [-0.4, -0.2) is 17.3 Å². The maximum absolute atomic E-state index is 12.4. The van der Waals surface area contributed by atoms with E-state index in [2.05, 4.69) is 5.32 Å². The Balaban J connectivity index is 1.79. The van der Waals surface area contributed by atoms with Gasteiger partial charge in [0.2, 0.25) is 0 Å². The first-order valence-corrected chi connectivity index (χ1v) is 6.43. The van der Waals surface area contributed by atoms with Gasteiger partial charge in [-0.2, -0.15) is 0 Å². The third-order valence-electron chi connectivity index (χ3n) is 3.52. The summed E-state index contributed by atoms with van der Waals surface area (Å²) in [5.74, 6) is 0. The van der Waals surface area contributed by atoms with E-state index in [1.54, 1.807) is 12.1 Å². The number of aliphatic hydroxyl groups is 1. The van der Waals surface area contributed by atoms with E-state index in [-0.39, 0.29) is 11.7 Å². The van der Waals surface area contributed by atoms with E-state index >= 15 is 0 Å². The van der Waals surface area contributed by atoms with Crippen LogP contribution in [0.1, 0.15) is 43.2 Å². The molecule has 0 aromatic heterocycles. The van der Waals surface area contributed by atoms with Crippen LogP contribution in [0.3, 0.4) is 0 Å². The summed E-state index contributed by atoms with van der Waals surface area (Å²) in [6, 6.07) is 6.87. The molecule has 2 nitrogen and oxygen atoms in total. The van der Waals surface area contributed by atoms with Gasteiger partial charge in [-0.25, -0.2) is 8.78 Å². The number of hydrogen-bond donors (Lipinski definition) is 2. The van der Waals surface area contributed by atoms with E-state index in [4.69, 9.17) is 0 Å². The van der Waals surface area contributed by atoms with Crippen molar-refractivity contribution >= 4 is 0 Å². The van der Waals surface area contributed by atoms with E-state index in [1.165, 1.54) is 12.1 Å². The molecule has 4 heteroatoms. The Bertz CT molecular complexity index is 359. The SMILES string of the molecule is OC1CCC(NCc2ccc(C(F)F)cc2)CC1. The smallest absolute Gasteiger partial charge is 0.263 e. The molecule has 1 saturated carbocycles. The molecule has 0 spiro atoms. The number of hydrogen-bond acceptors (Lipinski definition) is 2. The minimum absolute atomic E-state index is 0.0690. The topological polar surface area (TPSA) is 32.3 Å². The minimum Gasteiger partial charge on any atom is -0.393 e. The first-order valence-electron chi connectivity index (χ1n) is 6.43. The normalized spacial score (nSPS) is 24.4. The van der Waals surface area contributed by atoms with Gasteiger partial charge in [-0.05, 0) is 31.2 Å². The van der Waals surface area contributed by atoms with Crippen LogP contribution < -0.4 is 5.32 Å². The summed E-state index contributed by atoms with van der Waals surface area (Å²) in [6.45, 7) is 0.699. The van der Waals surface area contributed by atoms with Crippen molar-refractivity contribution in [1.82, 2.24) is 5.32 Å². The van der Waals surface area contributed by atoms with Crippen molar-refractivity contribution in [3.63, 3.8) is 0 Å². The predicted molar refractivity (Wildman–Crippen MR) is 66.5 cm³/mol. The van der Waals surface area contributed by atoms with Gasteiger partial charge in [-0.15, -0.1) is 0 Å². The molecule has 1 aromatic rings. The molecule has 0 radical (unpaired) electrons. The zero-order chi connectivity index (χ0) is 13.0. The Morgan fingerprint density at radius 2 is 1.72 bits per heavy atom. The molecule has 0 atom stereocenters. The van der Waals surface area contributed by atoms with Gasteiger partial charge in [0.25, 0.3) is 6.43 Å². The molecule has 1 aliphatic rings. The van der Waals surface area contributed by atoms with E-state index in [9.17, 15) is 13.9 Å². The number of rotatable bonds is 4. The molecule has 0 heterocycles. The van der Waals surface area contributed by atoms with E-state index in [0.29, 0.717) is 12.6 Å². The molecule has 0 unspecified atom stereocenters. The zero-order valence-corrected chi connectivity index (χ0v) is 10.3. The monoisotopic (exact) mass is 255 g/mol. The fourth-order valence-electron chi connectivity index (χ4n) is 2.32. The van der Waals surface area contributed by atoms with Crippen LogP contribution in [0.15, 0.2) is 24.3 Å². The van der Waals surface area contributed by atoms with Crippen LogP contribution in [0.4, 0.5) is 8.78 Å². The lowest BCUT2D eigenvalue weighted by molar-refractivity contribution is 0.116. The average molecular weight is 255 g/mol. The second-order valence-electron chi connectivity index (χ2n) is 4.93. The second kappa shape index (κ2) is 6.25. The molecule has 18 heavy (non-hydrogen) atoms. The molecule has 1 aliphatic carbocycles. The summed E-state index contributed by atoms with van der Waals surface area (Å²) in [5.41, 5.74) is 1.09. The highest BCUT2D eigenvalue weighted by Crippen LogP contribution is 2.20. The Hall–Kier alpha value is -1.00. The fraction of sp³-hybridized carbons (Fsp3) is 0.571. The molecule has 100 valence electrons. The summed E-state index contributed by atoms with van der Waals surface area (Å²) in [6.07, 6.45) is 1.12. The number of halogens is 2. The fourth-order valence-corrected chi connectivity index (χ4v) is 2.32. The first kappa shape index (κ1) is 13.4. The van der Waals surface area contributed by atoms with Gasteiger partial charge in [0, 0.05) is 18.2 Å². The number of nitrogens with one attached hydrogen (secondary N) is 1. The molecule has 0 saturated heterocycles. The van der Waals surface area contributed by atoms with E-state index in [0.717, 1.165) is 31.2 Å². The third-order valence-corrected chi connectivity index (χ3v) is 3.52. The van der Waals surface area contributed by atoms with Gasteiger partial charge in [0.05, 0.1) is 6.10 Å². The van der Waals surface area contributed by atoms with Crippen molar-refractivity contribution < 1.29 is 13.9 Å². The summed E-state index contributed by atoms with van der Waals surface area (Å²) in [5, 5.41) is 12.8. The first-order chi connectivity index (χ1) is 8.65. The molecule has 2 rings (SSSR count). The summed E-state index contributed by atoms with van der Waals surface area (Å²) in [7, 11) is 0. The third kappa shape index (κ3) is 3.75. The van der Waals surface area contributed by atoms with Gasteiger partial charge in [0.1, 0.15) is 0 Å². The lowest BCUT2D eigenvalue weighted by Gasteiger charge is -2.26. The van der Waals surface area contributed by atoms with Gasteiger partial charge in [0.15, 0.2) is 0 Å². The van der Waals surface area contributed by atoms with Crippen LogP contribution in [0.25, 0.3) is 0 Å². The van der Waals surface area contributed by atoms with Crippen molar-refractivity contribution in [3.8, 4) is 0 Å². The van der Waals surface area contributed by atoms with E-state index < -0.39 is 6.43 Å². The summed E-state index contributed by atoms with van der Waals surface area (Å²) >= 11 is 0. The average Bonchev–Trinajstić information content (AvgIpc) is 2.38. The lowest BCUT2D eigenvalue weighted by Crippen LogP contribution is -2.34. The highest BCUT2D eigenvalue weighted by Gasteiger charge is 2.18.